The summed E-state index contributed by atoms with van der Waals surface area (Å²) in [7, 11) is 1.63. The minimum Gasteiger partial charge on any atom is -0.380 e. The maximum absolute atomic E-state index is 14.4. The van der Waals surface area contributed by atoms with Gasteiger partial charge in [-0.3, -0.25) is 4.79 Å². The molecule has 0 saturated heterocycles. The van der Waals surface area contributed by atoms with Crippen LogP contribution in [0.5, 0.6) is 0 Å². The monoisotopic (exact) mass is 445 g/mol. The zero-order chi connectivity index (χ0) is 22.5. The summed E-state index contributed by atoms with van der Waals surface area (Å²) in [6, 6.07) is 7.94. The molecule has 9 nitrogen and oxygen atoms in total. The Labute approximate surface area is 187 Å². The van der Waals surface area contributed by atoms with Crippen molar-refractivity contribution in [1.29, 1.82) is 0 Å². The number of carbonyl (C=O) groups is 1. The Bertz CT molecular complexity index is 1500. The summed E-state index contributed by atoms with van der Waals surface area (Å²) in [4.78, 5) is 23.1. The molecule has 33 heavy (non-hydrogen) atoms. The van der Waals surface area contributed by atoms with E-state index >= 15 is 0 Å². The fourth-order valence-corrected chi connectivity index (χ4v) is 4.54. The molecule has 1 atom stereocenters. The molecule has 6 rings (SSSR count). The highest BCUT2D eigenvalue weighted by Gasteiger charge is 2.37. The molecule has 0 saturated carbocycles. The molecule has 0 bridgehead atoms. The number of carbonyl (C=O) groups excluding carboxylic acids is 1. The molecule has 0 aromatic carbocycles. The lowest BCUT2D eigenvalue weighted by molar-refractivity contribution is 0.0689. The van der Waals surface area contributed by atoms with Gasteiger partial charge in [0.05, 0.1) is 47.3 Å². The molecule has 1 N–H and O–H groups in total. The van der Waals surface area contributed by atoms with Gasteiger partial charge in [-0.15, -0.1) is 0 Å². The van der Waals surface area contributed by atoms with Crippen LogP contribution in [0.3, 0.4) is 0 Å². The van der Waals surface area contributed by atoms with Crippen LogP contribution in [0.2, 0.25) is 0 Å². The van der Waals surface area contributed by atoms with Crippen molar-refractivity contribution in [3.05, 3.63) is 89.3 Å². The summed E-state index contributed by atoms with van der Waals surface area (Å²) in [5.41, 5.74) is 4.74. The SMILES string of the molecule is COCc1ccc2c(C(=O)N3CCc4nc[nH]c4[C@@H]3c3cc4c(F)cccn4n3)cnn2c1. The van der Waals surface area contributed by atoms with E-state index < -0.39 is 6.04 Å². The van der Waals surface area contributed by atoms with E-state index in [9.17, 15) is 9.18 Å². The number of hydrogen-bond acceptors (Lipinski definition) is 5. The van der Waals surface area contributed by atoms with E-state index in [0.29, 0.717) is 41.9 Å². The molecule has 0 radical (unpaired) electrons. The summed E-state index contributed by atoms with van der Waals surface area (Å²) >= 11 is 0. The molecule has 0 aliphatic carbocycles. The van der Waals surface area contributed by atoms with Gasteiger partial charge in [0.15, 0.2) is 0 Å². The van der Waals surface area contributed by atoms with Gasteiger partial charge in [0.2, 0.25) is 0 Å². The van der Waals surface area contributed by atoms with E-state index in [1.54, 1.807) is 47.4 Å². The highest BCUT2D eigenvalue weighted by molar-refractivity contribution is 6.01. The first-order valence-electron chi connectivity index (χ1n) is 10.6. The molecule has 0 unspecified atom stereocenters. The number of H-pyrrole nitrogens is 1. The smallest absolute Gasteiger partial charge is 0.258 e. The maximum Gasteiger partial charge on any atom is 0.258 e. The number of hydrogen-bond donors (Lipinski definition) is 1. The quantitative estimate of drug-likeness (QED) is 0.459. The van der Waals surface area contributed by atoms with Crippen LogP contribution in [-0.4, -0.2) is 53.7 Å². The number of ether oxygens (including phenoxy) is 1. The Morgan fingerprint density at radius 3 is 3.03 bits per heavy atom. The van der Waals surface area contributed by atoms with Gasteiger partial charge >= 0.3 is 0 Å². The third kappa shape index (κ3) is 3.10. The third-order valence-electron chi connectivity index (χ3n) is 6.05. The highest BCUT2D eigenvalue weighted by atomic mass is 19.1. The van der Waals surface area contributed by atoms with Crippen molar-refractivity contribution in [2.24, 2.45) is 0 Å². The van der Waals surface area contributed by atoms with E-state index in [4.69, 9.17) is 4.74 Å². The Balaban J connectivity index is 1.44. The number of nitrogens with one attached hydrogen (secondary N) is 1. The van der Waals surface area contributed by atoms with Gasteiger partial charge in [0.25, 0.3) is 5.91 Å². The first-order valence-corrected chi connectivity index (χ1v) is 10.6. The molecule has 166 valence electrons. The second kappa shape index (κ2) is 7.52. The number of pyridine rings is 2. The lowest BCUT2D eigenvalue weighted by Gasteiger charge is -2.34. The van der Waals surface area contributed by atoms with Crippen LogP contribution in [0.4, 0.5) is 4.39 Å². The number of aromatic amines is 1. The number of nitrogens with zero attached hydrogens (tertiary/aromatic N) is 6. The first kappa shape index (κ1) is 19.6. The first-order chi connectivity index (χ1) is 16.1. The van der Waals surface area contributed by atoms with E-state index in [0.717, 1.165) is 17.0 Å². The molecule has 6 heterocycles. The standard InChI is InChI=1S/C23H20FN7O2/c1-33-12-14-4-5-19-15(10-27-31(19)11-14)23(32)29-8-6-17-21(26-13-25-17)22(29)18-9-20-16(24)3-2-7-30(20)28-18/h2-5,7,9-11,13,22H,6,8,12H2,1H3,(H,25,26)/t22-/m0/s1. The molecule has 1 amide bonds. The molecular formula is C23H20FN7O2. The van der Waals surface area contributed by atoms with Crippen molar-refractivity contribution >= 4 is 16.9 Å². The van der Waals surface area contributed by atoms with Gasteiger partial charge in [-0.2, -0.15) is 10.2 Å². The summed E-state index contributed by atoms with van der Waals surface area (Å²) in [5, 5.41) is 8.96. The van der Waals surface area contributed by atoms with Crippen molar-refractivity contribution in [2.45, 2.75) is 19.1 Å². The van der Waals surface area contributed by atoms with Crippen LogP contribution < -0.4 is 0 Å². The number of rotatable bonds is 4. The number of aromatic nitrogens is 6. The largest absolute Gasteiger partial charge is 0.380 e. The third-order valence-corrected chi connectivity index (χ3v) is 6.05. The van der Waals surface area contributed by atoms with Crippen LogP contribution in [0, 0.1) is 5.82 Å². The van der Waals surface area contributed by atoms with Crippen LogP contribution in [-0.2, 0) is 17.8 Å². The Kier molecular flexibility index (Phi) is 4.47. The van der Waals surface area contributed by atoms with Crippen LogP contribution in [0.1, 0.15) is 39.0 Å². The Hall–Kier alpha value is -4.05. The number of halogens is 1. The van der Waals surface area contributed by atoms with Crippen molar-refractivity contribution in [1.82, 2.24) is 34.1 Å². The second-order valence-electron chi connectivity index (χ2n) is 8.03. The van der Waals surface area contributed by atoms with E-state index in [-0.39, 0.29) is 11.7 Å². The summed E-state index contributed by atoms with van der Waals surface area (Å²) < 4.78 is 22.7. The van der Waals surface area contributed by atoms with Crippen molar-refractivity contribution < 1.29 is 13.9 Å². The van der Waals surface area contributed by atoms with E-state index in [1.165, 1.54) is 10.6 Å². The van der Waals surface area contributed by atoms with Gasteiger partial charge in [-0.05, 0) is 29.8 Å². The predicted octanol–water partition coefficient (Wildman–Crippen LogP) is 2.78. The number of fused-ring (bicyclic) bond motifs is 3. The van der Waals surface area contributed by atoms with Crippen LogP contribution >= 0.6 is 0 Å². The Morgan fingerprint density at radius 2 is 2.18 bits per heavy atom. The molecule has 1 aliphatic heterocycles. The van der Waals surface area contributed by atoms with Gasteiger partial charge < -0.3 is 14.6 Å². The van der Waals surface area contributed by atoms with Gasteiger partial charge in [0, 0.05) is 32.5 Å². The molecular weight excluding hydrogens is 425 g/mol. The van der Waals surface area contributed by atoms with Crippen molar-refractivity contribution in [3.8, 4) is 0 Å². The second-order valence-corrected chi connectivity index (χ2v) is 8.03. The zero-order valence-corrected chi connectivity index (χ0v) is 17.8. The fraction of sp³-hybridized carbons (Fsp3) is 0.217. The predicted molar refractivity (Wildman–Crippen MR) is 116 cm³/mol. The molecule has 0 fully saturated rings. The summed E-state index contributed by atoms with van der Waals surface area (Å²) in [5.74, 6) is -0.545. The van der Waals surface area contributed by atoms with Gasteiger partial charge in [-0.25, -0.2) is 18.4 Å². The number of imidazole rings is 1. The lowest BCUT2D eigenvalue weighted by atomic mass is 9.98. The molecule has 10 heteroatoms. The molecule has 5 aromatic rings. The number of amides is 1. The average Bonchev–Trinajstić information content (AvgIpc) is 3.56. The molecule has 5 aromatic heterocycles. The minimum absolute atomic E-state index is 0.174. The van der Waals surface area contributed by atoms with E-state index in [1.807, 2.05) is 18.3 Å². The molecule has 0 spiro atoms. The zero-order valence-electron chi connectivity index (χ0n) is 17.8. The molecule has 1 aliphatic rings. The fourth-order valence-electron chi connectivity index (χ4n) is 4.54. The van der Waals surface area contributed by atoms with Crippen LogP contribution in [0.25, 0.3) is 11.0 Å². The lowest BCUT2D eigenvalue weighted by Crippen LogP contribution is -2.41. The maximum atomic E-state index is 14.4. The van der Waals surface area contributed by atoms with E-state index in [2.05, 4.69) is 20.2 Å². The normalized spacial score (nSPS) is 15.9. The van der Waals surface area contributed by atoms with Crippen molar-refractivity contribution in [2.75, 3.05) is 13.7 Å². The topological polar surface area (TPSA) is 92.8 Å². The van der Waals surface area contributed by atoms with Gasteiger partial charge in [0.1, 0.15) is 17.4 Å². The summed E-state index contributed by atoms with van der Waals surface area (Å²) in [6.45, 7) is 0.914. The van der Waals surface area contributed by atoms with Crippen LogP contribution in [0.15, 0.2) is 55.2 Å². The highest BCUT2D eigenvalue weighted by Crippen LogP contribution is 2.35. The Morgan fingerprint density at radius 1 is 1.27 bits per heavy atom. The minimum atomic E-state index is -0.522. The summed E-state index contributed by atoms with van der Waals surface area (Å²) in [6.07, 6.45) is 7.35. The van der Waals surface area contributed by atoms with Crippen molar-refractivity contribution in [3.63, 3.8) is 0 Å². The number of methoxy groups -OCH3 is 1. The van der Waals surface area contributed by atoms with Gasteiger partial charge in [-0.1, -0.05) is 6.07 Å². The average molecular weight is 445 g/mol.